The number of halogens is 1. The van der Waals surface area contributed by atoms with Crippen LogP contribution in [0.25, 0.3) is 10.4 Å². The van der Waals surface area contributed by atoms with Crippen LogP contribution in [0.15, 0.2) is 40.2 Å². The molecule has 5 heteroatoms. The molecule has 0 amide bonds. The maximum atomic E-state index is 10.6. The second-order valence-corrected chi connectivity index (χ2v) is 6.82. The summed E-state index contributed by atoms with van der Waals surface area (Å²) in [6.45, 7) is 1.89. The number of thiophene rings is 1. The highest BCUT2D eigenvalue weighted by Gasteiger charge is 2.34. The molecule has 1 atom stereocenters. The van der Waals surface area contributed by atoms with E-state index in [0.717, 1.165) is 22.1 Å². The molecule has 3 rings (SSSR count). The number of hydrogen-bond donors (Lipinski definition) is 1. The third-order valence-electron chi connectivity index (χ3n) is 3.51. The Balaban J connectivity index is 1.88. The van der Waals surface area contributed by atoms with Crippen LogP contribution >= 0.6 is 27.3 Å². The van der Waals surface area contributed by atoms with E-state index < -0.39 is 5.79 Å². The number of ether oxygens (including phenoxy) is 1. The summed E-state index contributed by atoms with van der Waals surface area (Å²) in [6, 6.07) is 9.99. The average Bonchev–Trinajstić information content (AvgIpc) is 2.85. The second kappa shape index (κ2) is 5.58. The van der Waals surface area contributed by atoms with Gasteiger partial charge in [-0.05, 0) is 40.0 Å². The molecule has 0 radical (unpaired) electrons. The van der Waals surface area contributed by atoms with Gasteiger partial charge in [0.05, 0.1) is 13.2 Å². The molecule has 106 valence electrons. The van der Waals surface area contributed by atoms with Crippen LogP contribution in [-0.4, -0.2) is 36.8 Å². The molecule has 1 aromatic carbocycles. The molecule has 1 unspecified atom stereocenters. The van der Waals surface area contributed by atoms with E-state index in [1.165, 1.54) is 4.88 Å². The first-order chi connectivity index (χ1) is 9.58. The van der Waals surface area contributed by atoms with Crippen LogP contribution in [0, 0.1) is 0 Å². The largest absolute Gasteiger partial charge is 0.361 e. The molecule has 1 aliphatic rings. The molecule has 1 saturated heterocycles. The highest BCUT2D eigenvalue weighted by Crippen LogP contribution is 2.35. The number of benzene rings is 1. The molecule has 1 aromatic heterocycles. The van der Waals surface area contributed by atoms with Gasteiger partial charge in [0.25, 0.3) is 0 Å². The van der Waals surface area contributed by atoms with Gasteiger partial charge in [0.15, 0.2) is 0 Å². The van der Waals surface area contributed by atoms with Gasteiger partial charge in [-0.25, -0.2) is 0 Å². The van der Waals surface area contributed by atoms with Gasteiger partial charge < -0.3 is 9.84 Å². The Labute approximate surface area is 130 Å². The van der Waals surface area contributed by atoms with Crippen LogP contribution in [0.2, 0.25) is 0 Å². The molecule has 1 aliphatic heterocycles. The molecule has 2 heterocycles. The molecular formula is C15H16BrNO2S. The lowest BCUT2D eigenvalue weighted by molar-refractivity contribution is -0.245. The summed E-state index contributed by atoms with van der Waals surface area (Å²) in [7, 11) is 1.99. The molecule has 20 heavy (non-hydrogen) atoms. The van der Waals surface area contributed by atoms with Crippen LogP contribution in [-0.2, 0) is 10.5 Å². The molecule has 0 saturated carbocycles. The minimum atomic E-state index is -1.20. The fraction of sp³-hybridized carbons (Fsp3) is 0.333. The summed E-state index contributed by atoms with van der Waals surface area (Å²) in [5.74, 6) is -1.20. The first-order valence-corrected chi connectivity index (χ1v) is 8.14. The number of β-amino-alcohol motifs (C(OH)–C–C–N with tert-alkyl or cyclic N) is 1. The van der Waals surface area contributed by atoms with Gasteiger partial charge in [0.1, 0.15) is 0 Å². The summed E-state index contributed by atoms with van der Waals surface area (Å²) in [6.07, 6.45) is 0. The monoisotopic (exact) mass is 353 g/mol. The zero-order valence-electron chi connectivity index (χ0n) is 11.2. The van der Waals surface area contributed by atoms with Gasteiger partial charge in [-0.3, -0.25) is 4.90 Å². The van der Waals surface area contributed by atoms with Crippen LogP contribution in [0.4, 0.5) is 0 Å². The van der Waals surface area contributed by atoms with Crippen LogP contribution < -0.4 is 0 Å². The van der Waals surface area contributed by atoms with Crippen molar-refractivity contribution in [3.63, 3.8) is 0 Å². The summed E-state index contributed by atoms with van der Waals surface area (Å²) < 4.78 is 6.68. The number of likely N-dealkylation sites (N-methyl/N-ethyl adjacent to an activating group) is 1. The first kappa shape index (κ1) is 14.2. The topological polar surface area (TPSA) is 32.7 Å². The average molecular weight is 354 g/mol. The van der Waals surface area contributed by atoms with E-state index in [2.05, 4.69) is 26.2 Å². The van der Waals surface area contributed by atoms with E-state index in [1.54, 1.807) is 11.3 Å². The highest BCUT2D eigenvalue weighted by atomic mass is 79.9. The first-order valence-electron chi connectivity index (χ1n) is 6.47. The van der Waals surface area contributed by atoms with Crippen LogP contribution in [0.5, 0.6) is 0 Å². The number of nitrogens with zero attached hydrogens (tertiary/aromatic N) is 1. The number of rotatable bonds is 2. The van der Waals surface area contributed by atoms with Crippen molar-refractivity contribution in [1.82, 2.24) is 4.90 Å². The molecule has 0 bridgehead atoms. The lowest BCUT2D eigenvalue weighted by Crippen LogP contribution is -2.48. The fourth-order valence-corrected chi connectivity index (χ4v) is 4.03. The number of morpholine rings is 1. The Bertz CT molecular complexity index is 598. The predicted octanol–water partition coefficient (Wildman–Crippen LogP) is 3.28. The van der Waals surface area contributed by atoms with Gasteiger partial charge >= 0.3 is 0 Å². The van der Waals surface area contributed by atoms with Crippen molar-refractivity contribution in [1.29, 1.82) is 0 Å². The Kier molecular flexibility index (Phi) is 3.97. The lowest BCUT2D eigenvalue weighted by Gasteiger charge is -2.37. The fourth-order valence-electron chi connectivity index (χ4n) is 2.42. The quantitative estimate of drug-likeness (QED) is 0.899. The lowest BCUT2D eigenvalue weighted by atomic mass is 10.0. The zero-order chi connectivity index (χ0) is 14.2. The van der Waals surface area contributed by atoms with E-state index in [1.807, 2.05) is 37.4 Å². The molecule has 0 aliphatic carbocycles. The van der Waals surface area contributed by atoms with E-state index in [0.29, 0.717) is 13.2 Å². The summed E-state index contributed by atoms with van der Waals surface area (Å²) in [5, 5.41) is 12.7. The minimum Gasteiger partial charge on any atom is -0.361 e. The number of aliphatic hydroxyl groups is 1. The van der Waals surface area contributed by atoms with E-state index in [4.69, 9.17) is 4.74 Å². The third-order valence-corrected chi connectivity index (χ3v) is 5.40. The third kappa shape index (κ3) is 2.69. The molecule has 2 aromatic rings. The standard InChI is InChI=1S/C15H16BrNO2S/c1-17-7-8-19-15(18,10-17)12-4-2-11(3-5-12)14-13(16)6-9-20-14/h2-6,9,18H,7-8,10H2,1H3. The van der Waals surface area contributed by atoms with E-state index in [-0.39, 0.29) is 0 Å². The molecule has 1 N–H and O–H groups in total. The van der Waals surface area contributed by atoms with Crippen molar-refractivity contribution in [2.75, 3.05) is 26.7 Å². The zero-order valence-corrected chi connectivity index (χ0v) is 13.6. The normalized spacial score (nSPS) is 23.9. The Morgan fingerprint density at radius 3 is 2.65 bits per heavy atom. The smallest absolute Gasteiger partial charge is 0.205 e. The second-order valence-electron chi connectivity index (χ2n) is 5.05. The molecule has 3 nitrogen and oxygen atoms in total. The van der Waals surface area contributed by atoms with Gasteiger partial charge in [-0.1, -0.05) is 24.3 Å². The summed E-state index contributed by atoms with van der Waals surface area (Å²) >= 11 is 5.24. The Morgan fingerprint density at radius 1 is 1.30 bits per heavy atom. The Morgan fingerprint density at radius 2 is 2.05 bits per heavy atom. The number of hydrogen-bond acceptors (Lipinski definition) is 4. The van der Waals surface area contributed by atoms with E-state index in [9.17, 15) is 5.11 Å². The van der Waals surface area contributed by atoms with Crippen molar-refractivity contribution < 1.29 is 9.84 Å². The van der Waals surface area contributed by atoms with Gasteiger partial charge in [-0.15, -0.1) is 11.3 Å². The van der Waals surface area contributed by atoms with Gasteiger partial charge in [-0.2, -0.15) is 0 Å². The van der Waals surface area contributed by atoms with Gasteiger partial charge in [0, 0.05) is 21.5 Å². The predicted molar refractivity (Wildman–Crippen MR) is 84.8 cm³/mol. The molecule has 0 spiro atoms. The highest BCUT2D eigenvalue weighted by molar-refractivity contribution is 9.10. The summed E-state index contributed by atoms with van der Waals surface area (Å²) in [4.78, 5) is 3.28. The van der Waals surface area contributed by atoms with Crippen molar-refractivity contribution in [3.05, 3.63) is 45.7 Å². The molecular weight excluding hydrogens is 338 g/mol. The van der Waals surface area contributed by atoms with Crippen LogP contribution in [0.3, 0.4) is 0 Å². The van der Waals surface area contributed by atoms with E-state index >= 15 is 0 Å². The van der Waals surface area contributed by atoms with Crippen molar-refractivity contribution in [2.24, 2.45) is 0 Å². The SMILES string of the molecule is CN1CCOC(O)(c2ccc(-c3sccc3Br)cc2)C1. The summed E-state index contributed by atoms with van der Waals surface area (Å²) in [5.41, 5.74) is 1.95. The Hall–Kier alpha value is -0.720. The molecule has 1 fully saturated rings. The van der Waals surface area contributed by atoms with Crippen LogP contribution in [0.1, 0.15) is 5.56 Å². The van der Waals surface area contributed by atoms with Crippen molar-refractivity contribution in [3.8, 4) is 10.4 Å². The van der Waals surface area contributed by atoms with Gasteiger partial charge in [0.2, 0.25) is 5.79 Å². The van der Waals surface area contributed by atoms with Crippen molar-refractivity contribution in [2.45, 2.75) is 5.79 Å². The minimum absolute atomic E-state index is 0.495. The maximum absolute atomic E-state index is 10.6. The van der Waals surface area contributed by atoms with Crippen molar-refractivity contribution >= 4 is 27.3 Å². The maximum Gasteiger partial charge on any atom is 0.205 e.